The lowest BCUT2D eigenvalue weighted by molar-refractivity contribution is 0.0597. The van der Waals surface area contributed by atoms with Crippen molar-refractivity contribution in [3.63, 3.8) is 0 Å². The Hall–Kier alpha value is -0.780. The Morgan fingerprint density at radius 3 is 2.83 bits per heavy atom. The van der Waals surface area contributed by atoms with Crippen molar-refractivity contribution in [3.05, 3.63) is 27.3 Å². The van der Waals surface area contributed by atoms with Crippen LogP contribution in [-0.2, 0) is 4.74 Å². The maximum Gasteiger partial charge on any atom is 0.341 e. The Balaban J connectivity index is 3.16. The molecule has 0 radical (unpaired) electrons. The first-order valence-electron chi connectivity index (χ1n) is 3.22. The molecule has 0 amide bonds. The van der Waals surface area contributed by atoms with Gasteiger partial charge in [-0.3, -0.25) is 0 Å². The largest absolute Gasteiger partial charge is 0.506 e. The number of phenols is 1. The first-order chi connectivity index (χ1) is 5.66. The fourth-order valence-corrected chi connectivity index (χ4v) is 1.29. The van der Waals surface area contributed by atoms with E-state index in [2.05, 4.69) is 4.74 Å². The van der Waals surface area contributed by atoms with E-state index in [9.17, 15) is 9.90 Å². The lowest BCUT2D eigenvalue weighted by Gasteiger charge is -2.02. The SMILES string of the molecule is COC(=O)c1cccc(I)c1O. The van der Waals surface area contributed by atoms with Gasteiger partial charge in [0.2, 0.25) is 0 Å². The number of esters is 1. The summed E-state index contributed by atoms with van der Waals surface area (Å²) in [4.78, 5) is 11.0. The third-order valence-electron chi connectivity index (χ3n) is 1.39. The van der Waals surface area contributed by atoms with Gasteiger partial charge in [0.15, 0.2) is 0 Å². The number of rotatable bonds is 1. The molecular weight excluding hydrogens is 271 g/mol. The highest BCUT2D eigenvalue weighted by Gasteiger charge is 2.12. The standard InChI is InChI=1S/C8H7IO3/c1-12-8(11)5-3-2-4-6(9)7(5)10/h2-4,10H,1H3. The van der Waals surface area contributed by atoms with Crippen molar-refractivity contribution >= 4 is 28.6 Å². The molecule has 1 N–H and O–H groups in total. The first kappa shape index (κ1) is 9.31. The Morgan fingerprint density at radius 2 is 2.25 bits per heavy atom. The summed E-state index contributed by atoms with van der Waals surface area (Å²) in [7, 11) is 1.28. The van der Waals surface area contributed by atoms with Crippen LogP contribution in [0.3, 0.4) is 0 Å². The number of aromatic hydroxyl groups is 1. The summed E-state index contributed by atoms with van der Waals surface area (Å²) in [6.45, 7) is 0. The van der Waals surface area contributed by atoms with Crippen molar-refractivity contribution < 1.29 is 14.6 Å². The van der Waals surface area contributed by atoms with E-state index >= 15 is 0 Å². The van der Waals surface area contributed by atoms with Gasteiger partial charge in [-0.15, -0.1) is 0 Å². The molecule has 0 saturated carbocycles. The predicted octanol–water partition coefficient (Wildman–Crippen LogP) is 1.78. The number of ether oxygens (including phenoxy) is 1. The molecule has 0 aliphatic carbocycles. The van der Waals surface area contributed by atoms with Crippen molar-refractivity contribution in [3.8, 4) is 5.75 Å². The zero-order valence-electron chi connectivity index (χ0n) is 6.37. The summed E-state index contributed by atoms with van der Waals surface area (Å²) < 4.78 is 5.10. The third kappa shape index (κ3) is 1.69. The lowest BCUT2D eigenvalue weighted by atomic mass is 10.2. The minimum absolute atomic E-state index is 0.0232. The zero-order valence-corrected chi connectivity index (χ0v) is 8.53. The average molecular weight is 278 g/mol. The van der Waals surface area contributed by atoms with Gasteiger partial charge in [0, 0.05) is 0 Å². The maximum absolute atomic E-state index is 11.0. The number of methoxy groups -OCH3 is 1. The molecule has 0 heterocycles. The highest BCUT2D eigenvalue weighted by atomic mass is 127. The highest BCUT2D eigenvalue weighted by molar-refractivity contribution is 14.1. The molecule has 0 saturated heterocycles. The molecular formula is C8H7IO3. The van der Waals surface area contributed by atoms with Crippen LogP contribution in [-0.4, -0.2) is 18.2 Å². The summed E-state index contributed by atoms with van der Waals surface area (Å²) in [6.07, 6.45) is 0. The molecule has 0 atom stereocenters. The van der Waals surface area contributed by atoms with Crippen molar-refractivity contribution in [1.29, 1.82) is 0 Å². The summed E-state index contributed by atoms with van der Waals surface area (Å²) >= 11 is 1.94. The molecule has 64 valence electrons. The lowest BCUT2D eigenvalue weighted by Crippen LogP contribution is -2.01. The van der Waals surface area contributed by atoms with E-state index in [4.69, 9.17) is 0 Å². The van der Waals surface area contributed by atoms with Crippen LogP contribution in [0.4, 0.5) is 0 Å². The van der Waals surface area contributed by atoms with Gasteiger partial charge in [0.05, 0.1) is 10.7 Å². The fourth-order valence-electron chi connectivity index (χ4n) is 0.790. The van der Waals surface area contributed by atoms with Crippen LogP contribution in [0.1, 0.15) is 10.4 Å². The molecule has 1 aromatic rings. The van der Waals surface area contributed by atoms with Crippen molar-refractivity contribution in [2.75, 3.05) is 7.11 Å². The number of benzene rings is 1. The molecule has 1 rings (SSSR count). The van der Waals surface area contributed by atoms with Crippen LogP contribution in [0.25, 0.3) is 0 Å². The molecule has 3 nitrogen and oxygen atoms in total. The molecule has 1 aromatic carbocycles. The molecule has 0 spiro atoms. The smallest absolute Gasteiger partial charge is 0.341 e. The first-order valence-corrected chi connectivity index (χ1v) is 4.30. The Morgan fingerprint density at radius 1 is 1.58 bits per heavy atom. The van der Waals surface area contributed by atoms with Crippen LogP contribution < -0.4 is 0 Å². The van der Waals surface area contributed by atoms with Gasteiger partial charge >= 0.3 is 5.97 Å². The molecule has 0 aromatic heterocycles. The second-order valence-corrected chi connectivity index (χ2v) is 3.29. The molecule has 4 heteroatoms. The van der Waals surface area contributed by atoms with Crippen LogP contribution in [0, 0.1) is 3.57 Å². The average Bonchev–Trinajstić information content (AvgIpc) is 2.08. The van der Waals surface area contributed by atoms with Gasteiger partial charge in [0.25, 0.3) is 0 Å². The topological polar surface area (TPSA) is 46.5 Å². The van der Waals surface area contributed by atoms with Gasteiger partial charge in [0.1, 0.15) is 11.3 Å². The number of carbonyl (C=O) groups excluding carboxylic acids is 1. The van der Waals surface area contributed by atoms with E-state index in [1.807, 2.05) is 22.6 Å². The second kappa shape index (κ2) is 3.75. The van der Waals surface area contributed by atoms with Crippen molar-refractivity contribution in [1.82, 2.24) is 0 Å². The van der Waals surface area contributed by atoms with Crippen molar-refractivity contribution in [2.24, 2.45) is 0 Å². The van der Waals surface area contributed by atoms with Crippen LogP contribution in [0.2, 0.25) is 0 Å². The number of phenolic OH excluding ortho intramolecular Hbond substituents is 1. The van der Waals surface area contributed by atoms with Crippen LogP contribution >= 0.6 is 22.6 Å². The Bertz CT molecular complexity index is 309. The maximum atomic E-state index is 11.0. The minimum Gasteiger partial charge on any atom is -0.506 e. The fraction of sp³-hybridized carbons (Fsp3) is 0.125. The summed E-state index contributed by atoms with van der Waals surface area (Å²) in [5, 5.41) is 9.39. The van der Waals surface area contributed by atoms with E-state index in [-0.39, 0.29) is 11.3 Å². The van der Waals surface area contributed by atoms with Crippen molar-refractivity contribution in [2.45, 2.75) is 0 Å². The monoisotopic (exact) mass is 278 g/mol. The quantitative estimate of drug-likeness (QED) is 0.629. The summed E-state index contributed by atoms with van der Waals surface area (Å²) in [5.74, 6) is -0.545. The van der Waals surface area contributed by atoms with Gasteiger partial charge in [-0.1, -0.05) is 6.07 Å². The summed E-state index contributed by atoms with van der Waals surface area (Å²) in [5.41, 5.74) is 0.199. The van der Waals surface area contributed by atoms with Gasteiger partial charge in [-0.2, -0.15) is 0 Å². The third-order valence-corrected chi connectivity index (χ3v) is 2.26. The second-order valence-electron chi connectivity index (χ2n) is 2.13. The molecule has 0 aliphatic heterocycles. The van der Waals surface area contributed by atoms with E-state index in [1.165, 1.54) is 13.2 Å². The number of halogens is 1. The number of hydrogen-bond donors (Lipinski definition) is 1. The van der Waals surface area contributed by atoms with Gasteiger partial charge in [-0.05, 0) is 34.7 Å². The predicted molar refractivity (Wildman–Crippen MR) is 52.2 cm³/mol. The van der Waals surface area contributed by atoms with Gasteiger partial charge in [-0.25, -0.2) is 4.79 Å². The molecule has 0 fully saturated rings. The van der Waals surface area contributed by atoms with E-state index in [0.29, 0.717) is 3.57 Å². The Labute approximate surface area is 83.5 Å². The molecule has 12 heavy (non-hydrogen) atoms. The van der Waals surface area contributed by atoms with E-state index in [1.54, 1.807) is 12.1 Å². The summed E-state index contributed by atoms with van der Waals surface area (Å²) in [6, 6.07) is 4.92. The minimum atomic E-state index is -0.522. The Kier molecular flexibility index (Phi) is 2.91. The van der Waals surface area contributed by atoms with E-state index in [0.717, 1.165) is 0 Å². The zero-order chi connectivity index (χ0) is 9.14. The van der Waals surface area contributed by atoms with Gasteiger partial charge < -0.3 is 9.84 Å². The van der Waals surface area contributed by atoms with Crippen LogP contribution in [0.5, 0.6) is 5.75 Å². The molecule has 0 aliphatic rings. The molecule has 0 unspecified atom stereocenters. The van der Waals surface area contributed by atoms with E-state index < -0.39 is 5.97 Å². The molecule has 0 bridgehead atoms. The normalized spacial score (nSPS) is 9.50. The number of carbonyl (C=O) groups is 1. The number of para-hydroxylation sites is 1. The highest BCUT2D eigenvalue weighted by Crippen LogP contribution is 2.24. The number of hydrogen-bond acceptors (Lipinski definition) is 3. The van der Waals surface area contributed by atoms with Crippen LogP contribution in [0.15, 0.2) is 18.2 Å².